The van der Waals surface area contributed by atoms with Gasteiger partial charge in [-0.05, 0) is 20.5 Å². The zero-order valence-electron chi connectivity index (χ0n) is 7.35. The molecule has 10 heavy (non-hydrogen) atoms. The van der Waals surface area contributed by atoms with Crippen LogP contribution in [0.4, 0.5) is 0 Å². The minimum atomic E-state index is 0.0926. The molecule has 1 atom stereocenters. The normalized spacial score (nSPS) is 13.7. The molecule has 60 valence electrons. The van der Waals surface area contributed by atoms with Crippen molar-refractivity contribution in [3.05, 3.63) is 0 Å². The molecular weight excluding hydrogens is 126 g/mol. The third-order valence-electron chi connectivity index (χ3n) is 1.97. The number of nitrogens with zero attached hydrogens (tertiary/aromatic N) is 1. The first-order valence-electron chi connectivity index (χ1n) is 3.86. The lowest BCUT2D eigenvalue weighted by atomic mass is 10.1. The van der Waals surface area contributed by atoms with Crippen molar-refractivity contribution in [3.8, 4) is 0 Å². The minimum Gasteiger partial charge on any atom is -0.298 e. The minimum absolute atomic E-state index is 0.0926. The van der Waals surface area contributed by atoms with Gasteiger partial charge in [0.15, 0.2) is 0 Å². The van der Waals surface area contributed by atoms with Crippen LogP contribution in [0.1, 0.15) is 27.2 Å². The van der Waals surface area contributed by atoms with Gasteiger partial charge in [0.05, 0.1) is 6.04 Å². The number of likely N-dealkylation sites (N-methyl/N-ethyl adjacent to an activating group) is 1. The molecular formula is C8H17NO. The Morgan fingerprint density at radius 1 is 1.50 bits per heavy atom. The average Bonchev–Trinajstić information content (AvgIpc) is 2.00. The molecule has 2 nitrogen and oxygen atoms in total. The van der Waals surface area contributed by atoms with Crippen LogP contribution >= 0.6 is 0 Å². The maximum Gasteiger partial charge on any atom is 0.149 e. The van der Waals surface area contributed by atoms with Crippen LogP contribution in [-0.4, -0.2) is 30.3 Å². The zero-order chi connectivity index (χ0) is 8.15. The van der Waals surface area contributed by atoms with Crippen LogP contribution in [0.25, 0.3) is 0 Å². The van der Waals surface area contributed by atoms with Crippen molar-refractivity contribution < 1.29 is 4.79 Å². The van der Waals surface area contributed by atoms with Gasteiger partial charge in [-0.2, -0.15) is 0 Å². The molecule has 0 aliphatic heterocycles. The Morgan fingerprint density at radius 3 is 2.30 bits per heavy atom. The average molecular weight is 143 g/mol. The lowest BCUT2D eigenvalue weighted by molar-refractivity contribution is -0.122. The summed E-state index contributed by atoms with van der Waals surface area (Å²) in [5, 5.41) is 0. The van der Waals surface area contributed by atoms with E-state index in [1.807, 2.05) is 25.8 Å². The summed E-state index contributed by atoms with van der Waals surface area (Å²) in [6, 6.07) is 0.0926. The largest absolute Gasteiger partial charge is 0.298 e. The molecule has 0 aliphatic rings. The van der Waals surface area contributed by atoms with E-state index in [0.29, 0.717) is 12.2 Å². The second kappa shape index (κ2) is 4.45. The van der Waals surface area contributed by atoms with Gasteiger partial charge in [-0.3, -0.25) is 9.69 Å². The smallest absolute Gasteiger partial charge is 0.149 e. The summed E-state index contributed by atoms with van der Waals surface area (Å²) in [5.74, 6) is 0.323. The molecule has 0 saturated carbocycles. The van der Waals surface area contributed by atoms with Crippen molar-refractivity contribution in [1.82, 2.24) is 4.90 Å². The van der Waals surface area contributed by atoms with E-state index in [0.717, 1.165) is 6.54 Å². The van der Waals surface area contributed by atoms with E-state index in [9.17, 15) is 4.79 Å². The Kier molecular flexibility index (Phi) is 4.28. The first kappa shape index (κ1) is 9.63. The lowest BCUT2D eigenvalue weighted by Crippen LogP contribution is -2.35. The number of hydrogen-bond donors (Lipinski definition) is 0. The van der Waals surface area contributed by atoms with Crippen molar-refractivity contribution in [2.75, 3.05) is 13.6 Å². The number of hydrogen-bond acceptors (Lipinski definition) is 2. The Hall–Kier alpha value is -0.370. The Bertz CT molecular complexity index is 112. The van der Waals surface area contributed by atoms with E-state index in [4.69, 9.17) is 0 Å². The SMILES string of the molecule is CCC(=O)C(C)N(C)CC. The maximum absolute atomic E-state index is 11.1. The maximum atomic E-state index is 11.1. The van der Waals surface area contributed by atoms with Gasteiger partial charge in [0.2, 0.25) is 0 Å². The van der Waals surface area contributed by atoms with Gasteiger partial charge < -0.3 is 0 Å². The van der Waals surface area contributed by atoms with Crippen molar-refractivity contribution >= 4 is 5.78 Å². The highest BCUT2D eigenvalue weighted by molar-refractivity contribution is 5.83. The molecule has 0 aliphatic carbocycles. The van der Waals surface area contributed by atoms with Gasteiger partial charge in [-0.25, -0.2) is 0 Å². The summed E-state index contributed by atoms with van der Waals surface area (Å²) in [5.41, 5.74) is 0. The van der Waals surface area contributed by atoms with Crippen LogP contribution in [0, 0.1) is 0 Å². The molecule has 0 amide bonds. The van der Waals surface area contributed by atoms with Crippen molar-refractivity contribution in [1.29, 1.82) is 0 Å². The molecule has 2 heteroatoms. The molecule has 0 bridgehead atoms. The second-order valence-corrected chi connectivity index (χ2v) is 2.57. The standard InChI is InChI=1S/C8H17NO/c1-5-8(10)7(3)9(4)6-2/h7H,5-6H2,1-4H3. The van der Waals surface area contributed by atoms with E-state index >= 15 is 0 Å². The molecule has 0 fully saturated rings. The molecule has 1 unspecified atom stereocenters. The van der Waals surface area contributed by atoms with Gasteiger partial charge in [0.25, 0.3) is 0 Å². The van der Waals surface area contributed by atoms with E-state index in [2.05, 4.69) is 6.92 Å². The van der Waals surface area contributed by atoms with Gasteiger partial charge in [0, 0.05) is 6.42 Å². The summed E-state index contributed by atoms with van der Waals surface area (Å²) >= 11 is 0. The Labute approximate surface area is 63.2 Å². The summed E-state index contributed by atoms with van der Waals surface area (Å²) < 4.78 is 0. The Morgan fingerprint density at radius 2 is 2.00 bits per heavy atom. The first-order valence-corrected chi connectivity index (χ1v) is 3.86. The number of carbonyl (C=O) groups excluding carboxylic acids is 1. The van der Waals surface area contributed by atoms with Crippen LogP contribution in [0.15, 0.2) is 0 Å². The molecule has 0 radical (unpaired) electrons. The van der Waals surface area contributed by atoms with Crippen LogP contribution in [0.5, 0.6) is 0 Å². The highest BCUT2D eigenvalue weighted by atomic mass is 16.1. The number of ketones is 1. The summed E-state index contributed by atoms with van der Waals surface area (Å²) in [7, 11) is 1.97. The number of rotatable bonds is 4. The molecule has 0 N–H and O–H groups in total. The fraction of sp³-hybridized carbons (Fsp3) is 0.875. The number of carbonyl (C=O) groups is 1. The van der Waals surface area contributed by atoms with Crippen molar-refractivity contribution in [2.24, 2.45) is 0 Å². The fourth-order valence-corrected chi connectivity index (χ4v) is 0.815. The van der Waals surface area contributed by atoms with E-state index in [1.165, 1.54) is 0 Å². The van der Waals surface area contributed by atoms with Gasteiger partial charge in [-0.1, -0.05) is 13.8 Å². The van der Waals surface area contributed by atoms with Gasteiger partial charge in [-0.15, -0.1) is 0 Å². The third-order valence-corrected chi connectivity index (χ3v) is 1.97. The predicted molar refractivity (Wildman–Crippen MR) is 43.1 cm³/mol. The predicted octanol–water partition coefficient (Wildman–Crippen LogP) is 1.31. The van der Waals surface area contributed by atoms with Crippen molar-refractivity contribution in [3.63, 3.8) is 0 Å². The van der Waals surface area contributed by atoms with Crippen LogP contribution < -0.4 is 0 Å². The van der Waals surface area contributed by atoms with Crippen LogP contribution in [0.2, 0.25) is 0 Å². The fourth-order valence-electron chi connectivity index (χ4n) is 0.815. The lowest BCUT2D eigenvalue weighted by Gasteiger charge is -2.20. The van der Waals surface area contributed by atoms with Gasteiger partial charge in [0.1, 0.15) is 5.78 Å². The molecule has 0 spiro atoms. The van der Waals surface area contributed by atoms with Crippen LogP contribution in [-0.2, 0) is 4.79 Å². The summed E-state index contributed by atoms with van der Waals surface area (Å²) in [6.07, 6.45) is 0.644. The van der Waals surface area contributed by atoms with Crippen LogP contribution in [0.3, 0.4) is 0 Å². The monoisotopic (exact) mass is 143 g/mol. The highest BCUT2D eigenvalue weighted by Gasteiger charge is 2.13. The van der Waals surface area contributed by atoms with Crippen molar-refractivity contribution in [2.45, 2.75) is 33.2 Å². The van der Waals surface area contributed by atoms with E-state index < -0.39 is 0 Å². The molecule has 0 rings (SSSR count). The third kappa shape index (κ3) is 2.48. The van der Waals surface area contributed by atoms with E-state index in [-0.39, 0.29) is 6.04 Å². The quantitative estimate of drug-likeness (QED) is 0.591. The Balaban J connectivity index is 3.81. The second-order valence-electron chi connectivity index (χ2n) is 2.57. The highest BCUT2D eigenvalue weighted by Crippen LogP contribution is 1.98. The number of Topliss-reactive ketones (excluding diaryl/α,β-unsaturated/α-hetero) is 1. The van der Waals surface area contributed by atoms with E-state index in [1.54, 1.807) is 0 Å². The summed E-state index contributed by atoms with van der Waals surface area (Å²) in [6.45, 7) is 6.85. The molecule has 0 saturated heterocycles. The topological polar surface area (TPSA) is 20.3 Å². The first-order chi connectivity index (χ1) is 4.63. The molecule has 0 aromatic rings. The molecule has 0 aromatic heterocycles. The summed E-state index contributed by atoms with van der Waals surface area (Å²) in [4.78, 5) is 13.1. The molecule has 0 heterocycles. The molecule has 0 aromatic carbocycles. The zero-order valence-corrected chi connectivity index (χ0v) is 7.35. The van der Waals surface area contributed by atoms with Gasteiger partial charge >= 0.3 is 0 Å².